The molecule has 0 bridgehead atoms. The third-order valence-electron chi connectivity index (χ3n) is 4.84. The van der Waals surface area contributed by atoms with Crippen LogP contribution in [-0.4, -0.2) is 23.0 Å². The fourth-order valence-electron chi connectivity index (χ4n) is 3.34. The molecule has 1 heterocycles. The van der Waals surface area contributed by atoms with E-state index in [0.717, 1.165) is 44.6 Å². The zero-order chi connectivity index (χ0) is 14.0. The summed E-state index contributed by atoms with van der Waals surface area (Å²) in [7, 11) is 0. The lowest BCUT2D eigenvalue weighted by atomic mass is 9.79. The smallest absolute Gasteiger partial charge is 0.0772 e. The van der Waals surface area contributed by atoms with E-state index in [9.17, 15) is 5.11 Å². The van der Waals surface area contributed by atoms with Crippen molar-refractivity contribution >= 4 is 11.8 Å². The van der Waals surface area contributed by atoms with Gasteiger partial charge in [-0.1, -0.05) is 25.1 Å². The highest BCUT2D eigenvalue weighted by molar-refractivity contribution is 7.99. The number of rotatable bonds is 3. The molecule has 2 N–H and O–H groups in total. The van der Waals surface area contributed by atoms with Gasteiger partial charge in [-0.25, -0.2) is 0 Å². The van der Waals surface area contributed by atoms with Crippen molar-refractivity contribution in [2.75, 3.05) is 12.3 Å². The van der Waals surface area contributed by atoms with Crippen LogP contribution in [0.4, 0.5) is 0 Å². The van der Waals surface area contributed by atoms with E-state index in [4.69, 9.17) is 0 Å². The Hall–Kier alpha value is -0.510. The van der Waals surface area contributed by atoms with Crippen LogP contribution in [0.3, 0.4) is 0 Å². The molecule has 1 saturated carbocycles. The molecular formula is C17H25NOS. The Morgan fingerprint density at radius 1 is 1.25 bits per heavy atom. The molecule has 2 nitrogen and oxygen atoms in total. The number of nitrogens with one attached hydrogen (secondary N) is 1. The van der Waals surface area contributed by atoms with Gasteiger partial charge >= 0.3 is 0 Å². The van der Waals surface area contributed by atoms with Gasteiger partial charge in [-0.05, 0) is 55.4 Å². The standard InChI is InChI=1S/C17H25NOS/c1-13-6-9-17(19,10-7-13)12-18-15-8-11-20-16-5-3-2-4-14(15)16/h2-5,13,15,18-19H,6-12H2,1H3. The molecule has 1 unspecified atom stereocenters. The van der Waals surface area contributed by atoms with Crippen LogP contribution < -0.4 is 5.32 Å². The number of aliphatic hydroxyl groups is 1. The Bertz CT molecular complexity index is 454. The second-order valence-corrected chi connectivity index (χ2v) is 7.65. The van der Waals surface area contributed by atoms with Crippen molar-refractivity contribution in [1.82, 2.24) is 5.32 Å². The molecule has 1 aliphatic carbocycles. The first-order valence-electron chi connectivity index (χ1n) is 7.84. The minimum absolute atomic E-state index is 0.413. The van der Waals surface area contributed by atoms with E-state index in [0.29, 0.717) is 6.04 Å². The van der Waals surface area contributed by atoms with E-state index in [2.05, 4.69) is 36.5 Å². The zero-order valence-corrected chi connectivity index (χ0v) is 13.1. The lowest BCUT2D eigenvalue weighted by molar-refractivity contribution is -0.00837. The predicted molar refractivity (Wildman–Crippen MR) is 85.1 cm³/mol. The third-order valence-corrected chi connectivity index (χ3v) is 5.96. The average Bonchev–Trinajstić information content (AvgIpc) is 2.49. The maximum absolute atomic E-state index is 10.7. The fraction of sp³-hybridized carbons (Fsp3) is 0.647. The summed E-state index contributed by atoms with van der Waals surface area (Å²) in [5.41, 5.74) is 0.933. The summed E-state index contributed by atoms with van der Waals surface area (Å²) in [5, 5.41) is 14.3. The van der Waals surface area contributed by atoms with Crippen LogP contribution in [0.1, 0.15) is 50.6 Å². The summed E-state index contributed by atoms with van der Waals surface area (Å²) < 4.78 is 0. The van der Waals surface area contributed by atoms with Crippen molar-refractivity contribution in [3.8, 4) is 0 Å². The monoisotopic (exact) mass is 291 g/mol. The van der Waals surface area contributed by atoms with Crippen molar-refractivity contribution in [2.24, 2.45) is 5.92 Å². The van der Waals surface area contributed by atoms with Crippen LogP contribution in [0.5, 0.6) is 0 Å². The molecule has 1 atom stereocenters. The van der Waals surface area contributed by atoms with Crippen molar-refractivity contribution < 1.29 is 5.11 Å². The molecular weight excluding hydrogens is 266 g/mol. The third kappa shape index (κ3) is 3.21. The van der Waals surface area contributed by atoms with Gasteiger partial charge in [0, 0.05) is 17.5 Å². The van der Waals surface area contributed by atoms with Gasteiger partial charge in [0.25, 0.3) is 0 Å². The predicted octanol–water partition coefficient (Wildman–Crippen LogP) is 3.75. The Morgan fingerprint density at radius 3 is 2.80 bits per heavy atom. The fourth-order valence-corrected chi connectivity index (χ4v) is 4.47. The highest BCUT2D eigenvalue weighted by Gasteiger charge is 2.32. The molecule has 1 aliphatic heterocycles. The van der Waals surface area contributed by atoms with Gasteiger partial charge in [-0.15, -0.1) is 11.8 Å². The van der Waals surface area contributed by atoms with Crippen molar-refractivity contribution in [2.45, 2.75) is 55.6 Å². The highest BCUT2D eigenvalue weighted by Crippen LogP contribution is 2.37. The maximum atomic E-state index is 10.7. The molecule has 0 amide bonds. The maximum Gasteiger partial charge on any atom is 0.0772 e. The summed E-state index contributed by atoms with van der Waals surface area (Å²) in [6.07, 6.45) is 5.38. The molecule has 3 rings (SSSR count). The van der Waals surface area contributed by atoms with E-state index < -0.39 is 5.60 Å². The van der Waals surface area contributed by atoms with Crippen LogP contribution in [0, 0.1) is 5.92 Å². The van der Waals surface area contributed by atoms with Crippen molar-refractivity contribution in [1.29, 1.82) is 0 Å². The molecule has 0 aromatic heterocycles. The van der Waals surface area contributed by atoms with Crippen LogP contribution in [-0.2, 0) is 0 Å². The van der Waals surface area contributed by atoms with Gasteiger partial charge in [0.15, 0.2) is 0 Å². The first-order valence-corrected chi connectivity index (χ1v) is 8.82. The van der Waals surface area contributed by atoms with E-state index in [-0.39, 0.29) is 0 Å². The number of benzene rings is 1. The van der Waals surface area contributed by atoms with Crippen LogP contribution in [0.2, 0.25) is 0 Å². The summed E-state index contributed by atoms with van der Waals surface area (Å²) in [4.78, 5) is 1.40. The second-order valence-electron chi connectivity index (χ2n) is 6.52. The van der Waals surface area contributed by atoms with Gasteiger partial charge in [0.1, 0.15) is 0 Å². The van der Waals surface area contributed by atoms with E-state index in [1.165, 1.54) is 16.2 Å². The van der Waals surface area contributed by atoms with Crippen LogP contribution >= 0.6 is 11.8 Å². The molecule has 1 aromatic rings. The summed E-state index contributed by atoms with van der Waals surface area (Å²) in [6, 6.07) is 9.09. The summed E-state index contributed by atoms with van der Waals surface area (Å²) in [6.45, 7) is 3.03. The van der Waals surface area contributed by atoms with Gasteiger partial charge < -0.3 is 10.4 Å². The molecule has 3 heteroatoms. The number of hydrogen-bond donors (Lipinski definition) is 2. The minimum Gasteiger partial charge on any atom is -0.389 e. The van der Waals surface area contributed by atoms with Crippen molar-refractivity contribution in [3.05, 3.63) is 29.8 Å². The second kappa shape index (κ2) is 6.08. The molecule has 1 aromatic carbocycles. The Morgan fingerprint density at radius 2 is 2.00 bits per heavy atom. The largest absolute Gasteiger partial charge is 0.389 e. The van der Waals surface area contributed by atoms with Gasteiger partial charge in [-0.3, -0.25) is 0 Å². The van der Waals surface area contributed by atoms with E-state index >= 15 is 0 Å². The first-order chi connectivity index (χ1) is 9.66. The molecule has 2 aliphatic rings. The zero-order valence-electron chi connectivity index (χ0n) is 12.3. The summed E-state index contributed by atoms with van der Waals surface area (Å²) >= 11 is 1.95. The Balaban J connectivity index is 1.62. The number of hydrogen-bond acceptors (Lipinski definition) is 3. The minimum atomic E-state index is -0.480. The summed E-state index contributed by atoms with van der Waals surface area (Å²) in [5.74, 6) is 1.95. The van der Waals surface area contributed by atoms with Crippen LogP contribution in [0.15, 0.2) is 29.2 Å². The SMILES string of the molecule is CC1CCC(O)(CNC2CCSc3ccccc32)CC1. The lowest BCUT2D eigenvalue weighted by Crippen LogP contribution is -2.44. The average molecular weight is 291 g/mol. The number of fused-ring (bicyclic) bond motifs is 1. The van der Waals surface area contributed by atoms with Crippen LogP contribution in [0.25, 0.3) is 0 Å². The molecule has 0 radical (unpaired) electrons. The van der Waals surface area contributed by atoms with E-state index in [1.807, 2.05) is 11.8 Å². The molecule has 1 fully saturated rings. The topological polar surface area (TPSA) is 32.3 Å². The molecule has 20 heavy (non-hydrogen) atoms. The van der Waals surface area contributed by atoms with Gasteiger partial charge in [-0.2, -0.15) is 0 Å². The van der Waals surface area contributed by atoms with Crippen molar-refractivity contribution in [3.63, 3.8) is 0 Å². The molecule has 110 valence electrons. The molecule has 0 saturated heterocycles. The van der Waals surface area contributed by atoms with Gasteiger partial charge in [0.05, 0.1) is 5.60 Å². The quantitative estimate of drug-likeness (QED) is 0.889. The normalized spacial score (nSPS) is 33.7. The Labute approximate surface area is 126 Å². The van der Waals surface area contributed by atoms with E-state index in [1.54, 1.807) is 0 Å². The Kier molecular flexibility index (Phi) is 4.39. The molecule has 0 spiro atoms. The first kappa shape index (κ1) is 14.4. The highest BCUT2D eigenvalue weighted by atomic mass is 32.2. The lowest BCUT2D eigenvalue weighted by Gasteiger charge is -2.37. The van der Waals surface area contributed by atoms with Gasteiger partial charge in [0.2, 0.25) is 0 Å². The number of thioether (sulfide) groups is 1.